The predicted molar refractivity (Wildman–Crippen MR) is 134 cm³/mol. The van der Waals surface area contributed by atoms with E-state index in [9.17, 15) is 23.9 Å². The van der Waals surface area contributed by atoms with E-state index in [1.54, 1.807) is 19.2 Å². The van der Waals surface area contributed by atoms with E-state index < -0.39 is 17.2 Å². The van der Waals surface area contributed by atoms with Crippen LogP contribution >= 0.6 is 0 Å². The fourth-order valence-corrected chi connectivity index (χ4v) is 3.73. The summed E-state index contributed by atoms with van der Waals surface area (Å²) in [6, 6.07) is 0. The Labute approximate surface area is 207 Å². The summed E-state index contributed by atoms with van der Waals surface area (Å²) in [4.78, 5) is 39.1. The van der Waals surface area contributed by atoms with E-state index in [0.717, 1.165) is 5.56 Å². The van der Waals surface area contributed by atoms with E-state index in [-0.39, 0.29) is 28.4 Å². The molecule has 0 bridgehead atoms. The van der Waals surface area contributed by atoms with Crippen molar-refractivity contribution in [3.63, 3.8) is 0 Å². The third-order valence-electron chi connectivity index (χ3n) is 5.83. The summed E-state index contributed by atoms with van der Waals surface area (Å²) in [5.74, 6) is -0.512. The van der Waals surface area contributed by atoms with Crippen molar-refractivity contribution in [3.8, 4) is 11.5 Å². The molecular weight excluding hydrogens is 469 g/mol. The Hall–Kier alpha value is -3.99. The van der Waals surface area contributed by atoms with E-state index in [1.165, 1.54) is 30.0 Å². The van der Waals surface area contributed by atoms with Gasteiger partial charge >= 0.3 is 0 Å². The molecule has 2 aromatic rings. The Morgan fingerprint density at radius 1 is 1.44 bits per heavy atom. The fourth-order valence-electron chi connectivity index (χ4n) is 3.73. The number of nitrogens with zero attached hydrogens (tertiary/aromatic N) is 2. The number of carbonyl (C=O) groups is 2. The maximum atomic E-state index is 13.2. The zero-order chi connectivity index (χ0) is 26.6. The lowest BCUT2D eigenvalue weighted by atomic mass is 9.92. The van der Waals surface area contributed by atoms with Gasteiger partial charge < -0.3 is 26.2 Å². The minimum absolute atomic E-state index is 0.0590. The molecule has 3 heterocycles. The fraction of sp³-hybridized carbons (Fsp3) is 0.360. The van der Waals surface area contributed by atoms with E-state index in [1.807, 2.05) is 13.8 Å². The number of carbonyl (C=O) groups excluding carboxylic acids is 2. The molecule has 11 heteroatoms. The molecule has 10 nitrogen and oxygen atoms in total. The molecule has 192 valence electrons. The zero-order valence-corrected chi connectivity index (χ0v) is 20.6. The molecule has 0 saturated carbocycles. The van der Waals surface area contributed by atoms with Crippen molar-refractivity contribution < 1.29 is 23.8 Å². The van der Waals surface area contributed by atoms with Crippen LogP contribution in [0.15, 0.2) is 40.8 Å². The summed E-state index contributed by atoms with van der Waals surface area (Å²) in [5, 5.41) is 15.5. The molecule has 4 rings (SSSR count). The third kappa shape index (κ3) is 5.46. The highest BCUT2D eigenvalue weighted by molar-refractivity contribution is 6.03. The van der Waals surface area contributed by atoms with Crippen LogP contribution < -0.4 is 26.7 Å². The quantitative estimate of drug-likeness (QED) is 0.445. The number of hydrogen-bond donors (Lipinski definition) is 4. The highest BCUT2D eigenvalue weighted by Gasteiger charge is 2.28. The molecular formula is C25H30FN5O5. The number of nitrogens with two attached hydrogens (primary N) is 1. The van der Waals surface area contributed by atoms with Gasteiger partial charge in [0, 0.05) is 30.9 Å². The van der Waals surface area contributed by atoms with Crippen LogP contribution in [0, 0.1) is 5.92 Å². The molecule has 1 unspecified atom stereocenters. The van der Waals surface area contributed by atoms with Crippen LogP contribution in [-0.2, 0) is 11.2 Å². The minimum atomic E-state index is -0.695. The molecule has 36 heavy (non-hydrogen) atoms. The molecule has 0 spiro atoms. The Morgan fingerprint density at radius 3 is 2.72 bits per heavy atom. The number of pyridine rings is 2. The molecule has 0 aromatic carbocycles. The lowest BCUT2D eigenvalue weighted by Crippen LogP contribution is -2.44. The average molecular weight is 500 g/mol. The average Bonchev–Trinajstić information content (AvgIpc) is 2.84. The van der Waals surface area contributed by atoms with Crippen LogP contribution in [0.3, 0.4) is 0 Å². The van der Waals surface area contributed by atoms with Gasteiger partial charge in [-0.15, -0.1) is 0 Å². The molecule has 1 aliphatic heterocycles. The van der Waals surface area contributed by atoms with Gasteiger partial charge in [-0.3, -0.25) is 23.9 Å². The van der Waals surface area contributed by atoms with Gasteiger partial charge in [0.1, 0.15) is 28.2 Å². The van der Waals surface area contributed by atoms with Crippen molar-refractivity contribution in [1.29, 1.82) is 0 Å². The Morgan fingerprint density at radius 2 is 2.17 bits per heavy atom. The number of hydrogen-bond acceptors (Lipinski definition) is 7. The maximum Gasteiger partial charge on any atom is 0.272 e. The molecule has 0 radical (unpaired) electrons. The number of aromatic nitrogens is 2. The lowest BCUT2D eigenvalue weighted by molar-refractivity contribution is -0.110. The van der Waals surface area contributed by atoms with Crippen LogP contribution in [-0.4, -0.2) is 46.1 Å². The molecule has 2 aromatic heterocycles. The second-order valence-electron chi connectivity index (χ2n) is 9.13. The summed E-state index contributed by atoms with van der Waals surface area (Å²) < 4.78 is 20.4. The number of ether oxygens (including phenoxy) is 1. The van der Waals surface area contributed by atoms with Crippen LogP contribution in [0.25, 0.3) is 17.2 Å². The van der Waals surface area contributed by atoms with Gasteiger partial charge in [-0.2, -0.15) is 0 Å². The van der Waals surface area contributed by atoms with E-state index in [0.29, 0.717) is 42.8 Å². The van der Waals surface area contributed by atoms with E-state index >= 15 is 0 Å². The molecule has 5 N–H and O–H groups in total. The van der Waals surface area contributed by atoms with Crippen molar-refractivity contribution in [2.45, 2.75) is 39.2 Å². The van der Waals surface area contributed by atoms with Gasteiger partial charge in [0.25, 0.3) is 11.5 Å². The Kier molecular flexibility index (Phi) is 7.93. The Balaban J connectivity index is 0.000000392. The predicted octanol–water partition coefficient (Wildman–Crippen LogP) is 2.11. The standard InChI is InChI=1S/C20H18FN3O4.C5H12N2O/c1-10-9-24-16-15(17(25)14(20(24)27)19(26)22-2)23-8-12(18(16)28-10)7-11-3-5-13(21)6-4-11;1-5(2,3-6)7-4-8/h3,5-6,8-9,11,25H,4,7H2,1-2H3,(H,22,26);4H,3,6H2,1-2H3,(H,7,8). The highest BCUT2D eigenvalue weighted by atomic mass is 19.1. The van der Waals surface area contributed by atoms with Crippen molar-refractivity contribution in [3.05, 3.63) is 57.5 Å². The minimum Gasteiger partial charge on any atom is -0.505 e. The van der Waals surface area contributed by atoms with Crippen LogP contribution in [0.4, 0.5) is 4.39 Å². The van der Waals surface area contributed by atoms with Crippen LogP contribution in [0.1, 0.15) is 43.1 Å². The summed E-state index contributed by atoms with van der Waals surface area (Å²) in [6.45, 7) is 5.88. The second-order valence-corrected chi connectivity index (χ2v) is 9.13. The van der Waals surface area contributed by atoms with Gasteiger partial charge in [-0.1, -0.05) is 6.08 Å². The van der Waals surface area contributed by atoms with Crippen molar-refractivity contribution in [2.24, 2.45) is 11.7 Å². The van der Waals surface area contributed by atoms with Gasteiger partial charge in [-0.05, 0) is 51.7 Å². The first-order valence-electron chi connectivity index (χ1n) is 11.4. The topological polar surface area (TPSA) is 149 Å². The van der Waals surface area contributed by atoms with Gasteiger partial charge in [0.05, 0.1) is 6.20 Å². The molecule has 1 atom stereocenters. The SMILES string of the molecule is CC(C)(CN)NC=O.CNC(=O)c1c(O)c2ncc(CC3C=CC(F)=CC3)c3c2n(c1=O)C=C(C)O3. The van der Waals surface area contributed by atoms with Crippen LogP contribution in [0.5, 0.6) is 11.5 Å². The van der Waals surface area contributed by atoms with Crippen molar-refractivity contribution >= 4 is 29.6 Å². The smallest absolute Gasteiger partial charge is 0.272 e. The first-order valence-corrected chi connectivity index (χ1v) is 11.4. The third-order valence-corrected chi connectivity index (χ3v) is 5.83. The molecule has 2 aliphatic rings. The highest BCUT2D eigenvalue weighted by Crippen LogP contribution is 2.38. The van der Waals surface area contributed by atoms with Crippen molar-refractivity contribution in [1.82, 2.24) is 20.2 Å². The summed E-state index contributed by atoms with van der Waals surface area (Å²) in [6.07, 6.45) is 9.49. The second kappa shape index (κ2) is 10.7. The number of aromatic hydroxyl groups is 1. The monoisotopic (exact) mass is 499 g/mol. The molecule has 0 fully saturated rings. The Bertz CT molecular complexity index is 1340. The number of amides is 2. The van der Waals surface area contributed by atoms with Crippen molar-refractivity contribution in [2.75, 3.05) is 13.6 Å². The van der Waals surface area contributed by atoms with Crippen LogP contribution in [0.2, 0.25) is 0 Å². The largest absolute Gasteiger partial charge is 0.505 e. The summed E-state index contributed by atoms with van der Waals surface area (Å²) in [5.41, 5.74) is 5.13. The molecule has 0 saturated heterocycles. The van der Waals surface area contributed by atoms with Gasteiger partial charge in [0.15, 0.2) is 11.5 Å². The summed E-state index contributed by atoms with van der Waals surface area (Å²) in [7, 11) is 1.38. The van der Waals surface area contributed by atoms with E-state index in [4.69, 9.17) is 10.5 Å². The number of halogens is 1. The van der Waals surface area contributed by atoms with Gasteiger partial charge in [-0.25, -0.2) is 4.39 Å². The molecule has 1 aliphatic carbocycles. The number of allylic oxidation sites excluding steroid dienone is 5. The lowest BCUT2D eigenvalue weighted by Gasteiger charge is -2.23. The normalized spacial score (nSPS) is 16.2. The van der Waals surface area contributed by atoms with E-state index in [2.05, 4.69) is 15.6 Å². The first kappa shape index (κ1) is 26.6. The zero-order valence-electron chi connectivity index (χ0n) is 20.6. The first-order chi connectivity index (χ1) is 17.0. The van der Waals surface area contributed by atoms with Gasteiger partial charge in [0.2, 0.25) is 6.41 Å². The maximum absolute atomic E-state index is 13.2. The number of rotatable bonds is 6. The summed E-state index contributed by atoms with van der Waals surface area (Å²) >= 11 is 0. The molecule has 2 amide bonds. The number of nitrogens with one attached hydrogen (secondary N) is 2.